The van der Waals surface area contributed by atoms with Gasteiger partial charge < -0.3 is 10.2 Å². The van der Waals surface area contributed by atoms with Crippen molar-refractivity contribution in [2.75, 3.05) is 23.3 Å². The highest BCUT2D eigenvalue weighted by Crippen LogP contribution is 2.26. The summed E-state index contributed by atoms with van der Waals surface area (Å²) in [5, 5.41) is 3.80. The molecule has 0 aromatic carbocycles. The maximum absolute atomic E-state index is 6.21. The zero-order valence-electron chi connectivity index (χ0n) is 11.7. The molecule has 0 radical (unpaired) electrons. The van der Waals surface area contributed by atoms with Gasteiger partial charge in [-0.15, -0.1) is 0 Å². The summed E-state index contributed by atoms with van der Waals surface area (Å²) >= 11 is 6.21. The van der Waals surface area contributed by atoms with Crippen LogP contribution < -0.4 is 10.2 Å². The Balaban J connectivity index is 2.97. The Morgan fingerprint density at radius 2 is 2.11 bits per heavy atom. The van der Waals surface area contributed by atoms with Gasteiger partial charge in [0.15, 0.2) is 5.82 Å². The number of anilines is 2. The molecule has 1 unspecified atom stereocenters. The van der Waals surface area contributed by atoms with Crippen LogP contribution in [0, 0.1) is 0 Å². The number of halogens is 1. The van der Waals surface area contributed by atoms with E-state index < -0.39 is 0 Å². The first kappa shape index (κ1) is 15.0. The van der Waals surface area contributed by atoms with Crippen LogP contribution in [0.15, 0.2) is 6.20 Å². The van der Waals surface area contributed by atoms with Gasteiger partial charge in [0.25, 0.3) is 0 Å². The first-order valence-electron chi connectivity index (χ1n) is 6.67. The third-order valence-electron chi connectivity index (χ3n) is 2.99. The van der Waals surface area contributed by atoms with Crippen molar-refractivity contribution in [1.29, 1.82) is 0 Å². The fourth-order valence-electron chi connectivity index (χ4n) is 1.77. The minimum Gasteiger partial charge on any atom is -0.354 e. The van der Waals surface area contributed by atoms with Crippen LogP contribution in [-0.2, 0) is 0 Å². The van der Waals surface area contributed by atoms with Crippen LogP contribution >= 0.6 is 11.6 Å². The highest BCUT2D eigenvalue weighted by molar-refractivity contribution is 6.32. The van der Waals surface area contributed by atoms with Gasteiger partial charge in [-0.25, -0.2) is 4.98 Å². The molecule has 1 aromatic heterocycles. The smallest absolute Gasteiger partial charge is 0.224 e. The lowest BCUT2D eigenvalue weighted by molar-refractivity contribution is 0.622. The summed E-state index contributed by atoms with van der Waals surface area (Å²) in [4.78, 5) is 10.9. The van der Waals surface area contributed by atoms with Gasteiger partial charge in [0, 0.05) is 19.1 Å². The maximum Gasteiger partial charge on any atom is 0.224 e. The zero-order valence-corrected chi connectivity index (χ0v) is 12.5. The number of nitrogens with one attached hydrogen (secondary N) is 1. The van der Waals surface area contributed by atoms with Gasteiger partial charge in [-0.05, 0) is 26.7 Å². The fraction of sp³-hybridized carbons (Fsp3) is 0.692. The summed E-state index contributed by atoms with van der Waals surface area (Å²) in [6, 6.07) is 0.418. The predicted molar refractivity (Wildman–Crippen MR) is 78.6 cm³/mol. The largest absolute Gasteiger partial charge is 0.354 e. The molecule has 0 aliphatic heterocycles. The summed E-state index contributed by atoms with van der Waals surface area (Å²) in [5.41, 5.74) is 0. The third kappa shape index (κ3) is 3.73. The first-order chi connectivity index (χ1) is 8.63. The third-order valence-corrected chi connectivity index (χ3v) is 3.26. The molecule has 0 fully saturated rings. The van der Waals surface area contributed by atoms with Crippen LogP contribution in [0.5, 0.6) is 0 Å². The number of rotatable bonds is 7. The Hall–Kier alpha value is -1.03. The minimum absolute atomic E-state index is 0.418. The molecule has 18 heavy (non-hydrogen) atoms. The number of nitrogens with zero attached hydrogens (tertiary/aromatic N) is 3. The van der Waals surface area contributed by atoms with E-state index in [-0.39, 0.29) is 0 Å². The van der Waals surface area contributed by atoms with Crippen LogP contribution in [0.1, 0.15) is 40.5 Å². The molecular formula is C13H23ClN4. The molecule has 0 aliphatic rings. The average Bonchev–Trinajstić information content (AvgIpc) is 2.39. The normalized spacial score (nSPS) is 12.3. The molecule has 0 amide bonds. The van der Waals surface area contributed by atoms with Crippen LogP contribution in [0.3, 0.4) is 0 Å². The maximum atomic E-state index is 6.21. The zero-order chi connectivity index (χ0) is 13.5. The summed E-state index contributed by atoms with van der Waals surface area (Å²) in [5.74, 6) is 1.47. The Bertz CT molecular complexity index is 370. The van der Waals surface area contributed by atoms with E-state index in [1.807, 2.05) is 0 Å². The Labute approximate surface area is 115 Å². The molecule has 1 atom stereocenters. The van der Waals surface area contributed by atoms with E-state index in [2.05, 4.69) is 47.9 Å². The monoisotopic (exact) mass is 270 g/mol. The molecule has 0 spiro atoms. The molecule has 102 valence electrons. The topological polar surface area (TPSA) is 41.1 Å². The van der Waals surface area contributed by atoms with Crippen molar-refractivity contribution in [2.45, 2.75) is 46.6 Å². The summed E-state index contributed by atoms with van der Waals surface area (Å²) in [6.07, 6.45) is 3.78. The van der Waals surface area contributed by atoms with Crippen molar-refractivity contribution in [1.82, 2.24) is 9.97 Å². The second kappa shape index (κ2) is 7.41. The van der Waals surface area contributed by atoms with E-state index in [1.54, 1.807) is 6.20 Å². The molecule has 4 nitrogen and oxygen atoms in total. The van der Waals surface area contributed by atoms with Crippen molar-refractivity contribution in [3.63, 3.8) is 0 Å². The molecule has 1 heterocycles. The van der Waals surface area contributed by atoms with E-state index in [0.717, 1.165) is 31.7 Å². The molecule has 0 aliphatic carbocycles. The molecular weight excluding hydrogens is 248 g/mol. The van der Waals surface area contributed by atoms with E-state index in [0.29, 0.717) is 17.0 Å². The standard InChI is InChI=1S/C13H23ClN4/c1-5-8-15-13-16-9-11(14)12(17-13)18(7-3)10(4)6-2/h9-10H,5-8H2,1-4H3,(H,15,16,17). The van der Waals surface area contributed by atoms with E-state index in [9.17, 15) is 0 Å². The van der Waals surface area contributed by atoms with Crippen LogP contribution in [0.4, 0.5) is 11.8 Å². The van der Waals surface area contributed by atoms with Gasteiger partial charge in [0.1, 0.15) is 5.02 Å². The molecule has 0 saturated heterocycles. The van der Waals surface area contributed by atoms with Gasteiger partial charge in [-0.3, -0.25) is 0 Å². The van der Waals surface area contributed by atoms with Crippen molar-refractivity contribution in [3.8, 4) is 0 Å². The SMILES string of the molecule is CCCNc1ncc(Cl)c(N(CC)C(C)CC)n1. The average molecular weight is 271 g/mol. The second-order valence-electron chi connectivity index (χ2n) is 4.34. The lowest BCUT2D eigenvalue weighted by Crippen LogP contribution is -2.33. The lowest BCUT2D eigenvalue weighted by Gasteiger charge is -2.29. The highest BCUT2D eigenvalue weighted by Gasteiger charge is 2.16. The van der Waals surface area contributed by atoms with E-state index in [4.69, 9.17) is 11.6 Å². The molecule has 1 rings (SSSR count). The van der Waals surface area contributed by atoms with Crippen molar-refractivity contribution >= 4 is 23.4 Å². The highest BCUT2D eigenvalue weighted by atomic mass is 35.5. The van der Waals surface area contributed by atoms with E-state index in [1.165, 1.54) is 0 Å². The van der Waals surface area contributed by atoms with Crippen LogP contribution in [-0.4, -0.2) is 29.1 Å². The van der Waals surface area contributed by atoms with Gasteiger partial charge in [0.05, 0.1) is 6.20 Å². The van der Waals surface area contributed by atoms with Crippen molar-refractivity contribution in [2.24, 2.45) is 0 Å². The number of hydrogen-bond donors (Lipinski definition) is 1. The Morgan fingerprint density at radius 3 is 2.67 bits per heavy atom. The Kier molecular flexibility index (Phi) is 6.19. The van der Waals surface area contributed by atoms with Crippen molar-refractivity contribution < 1.29 is 0 Å². The van der Waals surface area contributed by atoms with Gasteiger partial charge >= 0.3 is 0 Å². The quantitative estimate of drug-likeness (QED) is 0.822. The predicted octanol–water partition coefficient (Wildman–Crippen LogP) is 3.58. The van der Waals surface area contributed by atoms with Crippen molar-refractivity contribution in [3.05, 3.63) is 11.2 Å². The minimum atomic E-state index is 0.418. The van der Waals surface area contributed by atoms with Gasteiger partial charge in [0.2, 0.25) is 5.95 Å². The van der Waals surface area contributed by atoms with Crippen LogP contribution in [0.25, 0.3) is 0 Å². The summed E-state index contributed by atoms with van der Waals surface area (Å²) in [7, 11) is 0. The molecule has 0 saturated carbocycles. The molecule has 0 bridgehead atoms. The first-order valence-corrected chi connectivity index (χ1v) is 7.04. The molecule has 5 heteroatoms. The fourth-order valence-corrected chi connectivity index (χ4v) is 1.97. The second-order valence-corrected chi connectivity index (χ2v) is 4.74. The summed E-state index contributed by atoms with van der Waals surface area (Å²) < 4.78 is 0. The Morgan fingerprint density at radius 1 is 1.39 bits per heavy atom. The number of hydrogen-bond acceptors (Lipinski definition) is 4. The van der Waals surface area contributed by atoms with Gasteiger partial charge in [-0.1, -0.05) is 25.4 Å². The van der Waals surface area contributed by atoms with Crippen LogP contribution in [0.2, 0.25) is 5.02 Å². The van der Waals surface area contributed by atoms with Gasteiger partial charge in [-0.2, -0.15) is 4.98 Å². The number of aromatic nitrogens is 2. The molecule has 1 N–H and O–H groups in total. The lowest BCUT2D eigenvalue weighted by atomic mass is 10.2. The molecule has 1 aromatic rings. The van der Waals surface area contributed by atoms with E-state index >= 15 is 0 Å². The summed E-state index contributed by atoms with van der Waals surface area (Å²) in [6.45, 7) is 10.3.